The summed E-state index contributed by atoms with van der Waals surface area (Å²) in [5, 5.41) is 8.68. The summed E-state index contributed by atoms with van der Waals surface area (Å²) in [6.07, 6.45) is 0. The van der Waals surface area contributed by atoms with Crippen LogP contribution in [-0.4, -0.2) is 10.2 Å². The maximum atomic E-state index is 5.67. The van der Waals surface area contributed by atoms with E-state index in [-0.39, 0.29) is 6.61 Å². The molecule has 0 spiro atoms. The fraction of sp³-hybridized carbons (Fsp3) is 0.263. The molecule has 0 bridgehead atoms. The standard InChI is InChI=1S/C19H20N2O2S/c1-13-5-4-6-17(10-13)22-11-18-20-21-19(23-18)24-12-16-8-14(2)7-15(3)9-16/h4-10H,11-12H2,1-3H3. The highest BCUT2D eigenvalue weighted by atomic mass is 32.2. The maximum absolute atomic E-state index is 5.67. The molecule has 0 aliphatic rings. The molecule has 3 aromatic rings. The van der Waals surface area contributed by atoms with Crippen LogP contribution in [0.25, 0.3) is 0 Å². The first-order valence-corrected chi connectivity index (χ1v) is 8.79. The molecular formula is C19H20N2O2S. The molecule has 1 aromatic heterocycles. The van der Waals surface area contributed by atoms with Crippen molar-refractivity contribution in [2.24, 2.45) is 0 Å². The predicted molar refractivity (Wildman–Crippen MR) is 95.3 cm³/mol. The highest BCUT2D eigenvalue weighted by Gasteiger charge is 2.08. The van der Waals surface area contributed by atoms with E-state index in [2.05, 4.69) is 42.2 Å². The molecule has 2 aromatic carbocycles. The number of thioether (sulfide) groups is 1. The van der Waals surface area contributed by atoms with Crippen LogP contribution in [0.5, 0.6) is 5.75 Å². The summed E-state index contributed by atoms with van der Waals surface area (Å²) in [6.45, 7) is 6.52. The van der Waals surface area contributed by atoms with Gasteiger partial charge in [0.25, 0.3) is 11.1 Å². The lowest BCUT2D eigenvalue weighted by molar-refractivity contribution is 0.252. The van der Waals surface area contributed by atoms with Crippen molar-refractivity contribution in [1.29, 1.82) is 0 Å². The minimum Gasteiger partial charge on any atom is -0.484 e. The molecule has 0 amide bonds. The van der Waals surface area contributed by atoms with Crippen LogP contribution in [0.15, 0.2) is 52.1 Å². The van der Waals surface area contributed by atoms with Crippen LogP contribution in [0.1, 0.15) is 28.1 Å². The van der Waals surface area contributed by atoms with E-state index in [1.54, 1.807) is 11.8 Å². The first kappa shape index (κ1) is 16.6. The minimum absolute atomic E-state index is 0.278. The lowest BCUT2D eigenvalue weighted by Gasteiger charge is -2.04. The number of hydrogen-bond acceptors (Lipinski definition) is 5. The van der Waals surface area contributed by atoms with Gasteiger partial charge in [0.2, 0.25) is 0 Å². The van der Waals surface area contributed by atoms with Gasteiger partial charge in [0.1, 0.15) is 5.75 Å². The fourth-order valence-corrected chi connectivity index (χ4v) is 3.21. The Balaban J connectivity index is 1.55. The molecule has 124 valence electrons. The SMILES string of the molecule is Cc1cc(C)cc(CSc2nnc(COc3cccc(C)c3)o2)c1. The summed E-state index contributed by atoms with van der Waals surface area (Å²) in [4.78, 5) is 0. The summed E-state index contributed by atoms with van der Waals surface area (Å²) in [5.74, 6) is 2.10. The van der Waals surface area contributed by atoms with Crippen LogP contribution >= 0.6 is 11.8 Å². The zero-order valence-electron chi connectivity index (χ0n) is 14.1. The van der Waals surface area contributed by atoms with Gasteiger partial charge >= 0.3 is 0 Å². The summed E-state index contributed by atoms with van der Waals surface area (Å²) in [5.41, 5.74) is 4.95. The molecule has 0 radical (unpaired) electrons. The van der Waals surface area contributed by atoms with E-state index in [1.165, 1.54) is 16.7 Å². The van der Waals surface area contributed by atoms with E-state index in [9.17, 15) is 0 Å². The highest BCUT2D eigenvalue weighted by Crippen LogP contribution is 2.23. The Bertz CT molecular complexity index is 809. The van der Waals surface area contributed by atoms with Crippen molar-refractivity contribution in [1.82, 2.24) is 10.2 Å². The largest absolute Gasteiger partial charge is 0.484 e. The topological polar surface area (TPSA) is 48.2 Å². The summed E-state index contributed by atoms with van der Waals surface area (Å²) < 4.78 is 11.3. The van der Waals surface area contributed by atoms with Crippen molar-refractivity contribution in [2.45, 2.75) is 38.4 Å². The van der Waals surface area contributed by atoms with Gasteiger partial charge in [0.15, 0.2) is 6.61 Å². The van der Waals surface area contributed by atoms with Gasteiger partial charge in [-0.3, -0.25) is 0 Å². The molecule has 1 heterocycles. The molecule has 0 saturated heterocycles. The highest BCUT2D eigenvalue weighted by molar-refractivity contribution is 7.98. The molecule has 4 nitrogen and oxygen atoms in total. The van der Waals surface area contributed by atoms with Crippen LogP contribution in [0.3, 0.4) is 0 Å². The molecule has 0 aliphatic heterocycles. The molecule has 3 rings (SSSR count). The van der Waals surface area contributed by atoms with Crippen molar-refractivity contribution in [2.75, 3.05) is 0 Å². The zero-order valence-corrected chi connectivity index (χ0v) is 14.9. The summed E-state index contributed by atoms with van der Waals surface area (Å²) in [6, 6.07) is 14.4. The number of rotatable bonds is 6. The molecule has 0 N–H and O–H groups in total. The monoisotopic (exact) mass is 340 g/mol. The number of benzene rings is 2. The smallest absolute Gasteiger partial charge is 0.277 e. The molecule has 0 aliphatic carbocycles. The van der Waals surface area contributed by atoms with Gasteiger partial charge < -0.3 is 9.15 Å². The van der Waals surface area contributed by atoms with Gasteiger partial charge in [-0.1, -0.05) is 53.2 Å². The minimum atomic E-state index is 0.278. The van der Waals surface area contributed by atoms with Gasteiger partial charge in [0, 0.05) is 5.75 Å². The Morgan fingerprint density at radius 1 is 0.958 bits per heavy atom. The number of aryl methyl sites for hydroxylation is 3. The van der Waals surface area contributed by atoms with Gasteiger partial charge in [-0.25, -0.2) is 0 Å². The van der Waals surface area contributed by atoms with Crippen molar-refractivity contribution in [3.05, 3.63) is 70.6 Å². The summed E-state index contributed by atoms with van der Waals surface area (Å²) in [7, 11) is 0. The van der Waals surface area contributed by atoms with E-state index in [1.807, 2.05) is 31.2 Å². The first-order valence-electron chi connectivity index (χ1n) is 7.80. The van der Waals surface area contributed by atoms with E-state index in [0.29, 0.717) is 11.1 Å². The van der Waals surface area contributed by atoms with E-state index < -0.39 is 0 Å². The normalized spacial score (nSPS) is 10.8. The number of hydrogen-bond donors (Lipinski definition) is 0. The van der Waals surface area contributed by atoms with Crippen molar-refractivity contribution in [3.63, 3.8) is 0 Å². The van der Waals surface area contributed by atoms with Crippen LogP contribution in [0, 0.1) is 20.8 Å². The van der Waals surface area contributed by atoms with Crippen LogP contribution in [0.4, 0.5) is 0 Å². The van der Waals surface area contributed by atoms with Crippen LogP contribution in [-0.2, 0) is 12.4 Å². The maximum Gasteiger partial charge on any atom is 0.277 e. The van der Waals surface area contributed by atoms with Gasteiger partial charge in [0.05, 0.1) is 0 Å². The van der Waals surface area contributed by atoms with Crippen molar-refractivity contribution in [3.8, 4) is 5.75 Å². The average Bonchev–Trinajstić information content (AvgIpc) is 2.98. The molecule has 0 unspecified atom stereocenters. The lowest BCUT2D eigenvalue weighted by atomic mass is 10.1. The molecule has 5 heteroatoms. The quantitative estimate of drug-likeness (QED) is 0.599. The Morgan fingerprint density at radius 3 is 2.50 bits per heavy atom. The Labute approximate surface area is 146 Å². The van der Waals surface area contributed by atoms with Crippen molar-refractivity contribution >= 4 is 11.8 Å². The third kappa shape index (κ3) is 4.61. The average molecular weight is 340 g/mol. The van der Waals surface area contributed by atoms with E-state index in [4.69, 9.17) is 9.15 Å². The van der Waals surface area contributed by atoms with Crippen LogP contribution in [0.2, 0.25) is 0 Å². The molecular weight excluding hydrogens is 320 g/mol. The number of nitrogens with zero attached hydrogens (tertiary/aromatic N) is 2. The second kappa shape index (κ2) is 7.53. The van der Waals surface area contributed by atoms with Crippen molar-refractivity contribution < 1.29 is 9.15 Å². The van der Waals surface area contributed by atoms with Gasteiger partial charge in [-0.05, 0) is 44.0 Å². The fourth-order valence-electron chi connectivity index (χ4n) is 2.50. The molecule has 0 atom stereocenters. The summed E-state index contributed by atoms with van der Waals surface area (Å²) >= 11 is 1.54. The third-order valence-corrected chi connectivity index (χ3v) is 4.33. The Kier molecular flexibility index (Phi) is 5.20. The molecule has 0 fully saturated rings. The molecule has 0 saturated carbocycles. The van der Waals surface area contributed by atoms with Gasteiger partial charge in [-0.2, -0.15) is 0 Å². The Hall–Kier alpha value is -2.27. The second-order valence-electron chi connectivity index (χ2n) is 5.85. The van der Waals surface area contributed by atoms with E-state index >= 15 is 0 Å². The Morgan fingerprint density at radius 2 is 1.75 bits per heavy atom. The first-order chi connectivity index (χ1) is 11.6. The van der Waals surface area contributed by atoms with Crippen LogP contribution < -0.4 is 4.74 Å². The zero-order chi connectivity index (χ0) is 16.9. The number of aromatic nitrogens is 2. The second-order valence-corrected chi connectivity index (χ2v) is 6.78. The molecule has 24 heavy (non-hydrogen) atoms. The third-order valence-electron chi connectivity index (χ3n) is 3.44. The number of ether oxygens (including phenoxy) is 1. The lowest BCUT2D eigenvalue weighted by Crippen LogP contribution is -1.95. The van der Waals surface area contributed by atoms with E-state index in [0.717, 1.165) is 17.1 Å². The van der Waals surface area contributed by atoms with Gasteiger partial charge in [-0.15, -0.1) is 10.2 Å². The predicted octanol–water partition coefficient (Wildman–Crippen LogP) is 4.87.